The van der Waals surface area contributed by atoms with E-state index >= 15 is 0 Å². The first-order valence-corrected chi connectivity index (χ1v) is 7.68. The van der Waals surface area contributed by atoms with Crippen molar-refractivity contribution in [3.63, 3.8) is 0 Å². The van der Waals surface area contributed by atoms with Gasteiger partial charge in [0.2, 0.25) is 25.5 Å². The van der Waals surface area contributed by atoms with Crippen molar-refractivity contribution in [1.82, 2.24) is 0 Å². The fourth-order valence-electron chi connectivity index (χ4n) is 4.48. The SMILES string of the molecule is Clc1ccc(C[NH2+]C23C[NH+]4C[NH+](C[NH+](C4)C2)C3)cc1. The zero-order valence-electron chi connectivity index (χ0n) is 11.2. The van der Waals surface area contributed by atoms with Gasteiger partial charge in [-0.2, -0.15) is 0 Å². The second-order valence-corrected chi connectivity index (χ2v) is 7.14. The summed E-state index contributed by atoms with van der Waals surface area (Å²) in [7, 11) is 0. The van der Waals surface area contributed by atoms with Crippen molar-refractivity contribution in [3.8, 4) is 0 Å². The van der Waals surface area contributed by atoms with Gasteiger partial charge in [0.05, 0.1) is 0 Å². The molecule has 1 aromatic rings. The Labute approximate surface area is 118 Å². The van der Waals surface area contributed by atoms with E-state index in [1.807, 2.05) is 12.1 Å². The fraction of sp³-hybridized carbons (Fsp3) is 0.571. The minimum atomic E-state index is 0.481. The van der Waals surface area contributed by atoms with Gasteiger partial charge in [-0.3, -0.25) is 0 Å². The van der Waals surface area contributed by atoms with Crippen LogP contribution in [0.3, 0.4) is 0 Å². The smallest absolute Gasteiger partial charge is 0.244 e. The molecule has 4 aliphatic heterocycles. The van der Waals surface area contributed by atoms with Crippen LogP contribution in [0, 0.1) is 0 Å². The van der Waals surface area contributed by atoms with Crippen LogP contribution in [0.5, 0.6) is 0 Å². The van der Waals surface area contributed by atoms with Gasteiger partial charge >= 0.3 is 0 Å². The average Bonchev–Trinajstić information content (AvgIpc) is 2.36. The molecule has 5 N–H and O–H groups in total. The summed E-state index contributed by atoms with van der Waals surface area (Å²) in [6.07, 6.45) is 0. The van der Waals surface area contributed by atoms with Crippen molar-refractivity contribution in [3.05, 3.63) is 34.9 Å². The van der Waals surface area contributed by atoms with E-state index < -0.39 is 0 Å². The largest absolute Gasteiger partial charge is 0.323 e. The molecule has 4 bridgehead atoms. The van der Waals surface area contributed by atoms with Gasteiger partial charge in [0, 0.05) is 10.6 Å². The molecule has 0 saturated carbocycles. The van der Waals surface area contributed by atoms with E-state index in [0.29, 0.717) is 5.54 Å². The van der Waals surface area contributed by atoms with E-state index in [0.717, 1.165) is 11.6 Å². The summed E-state index contributed by atoms with van der Waals surface area (Å²) in [5, 5.41) is 3.44. The maximum atomic E-state index is 5.95. The Morgan fingerprint density at radius 2 is 1.47 bits per heavy atom. The van der Waals surface area contributed by atoms with Crippen molar-refractivity contribution in [2.24, 2.45) is 0 Å². The molecule has 4 saturated heterocycles. The average molecular weight is 283 g/mol. The number of hydrogen-bond acceptors (Lipinski definition) is 0. The maximum Gasteiger partial charge on any atom is 0.244 e. The van der Waals surface area contributed by atoms with Gasteiger partial charge in [-0.05, 0) is 12.1 Å². The highest BCUT2D eigenvalue weighted by Gasteiger charge is 2.60. The molecule has 19 heavy (non-hydrogen) atoms. The molecule has 4 fully saturated rings. The standard InChI is InChI=1S/C14H19ClN4/c15-13-3-1-12(2-4-13)5-16-14-6-17-9-18(7-14)11-19(8-14)10-17/h1-4,16H,5-11H2/p+4. The normalized spacial score (nSPS) is 39.7. The molecule has 0 amide bonds. The van der Waals surface area contributed by atoms with Crippen molar-refractivity contribution in [2.45, 2.75) is 12.1 Å². The van der Waals surface area contributed by atoms with E-state index in [1.54, 1.807) is 14.7 Å². The molecule has 0 aromatic heterocycles. The number of nitrogens with two attached hydrogens (primary N) is 1. The molecule has 0 spiro atoms. The predicted molar refractivity (Wildman–Crippen MR) is 71.9 cm³/mol. The van der Waals surface area contributed by atoms with Crippen LogP contribution >= 0.6 is 11.6 Å². The Hall–Kier alpha value is -0.650. The first-order chi connectivity index (χ1) is 9.21. The number of nitrogens with one attached hydrogen (secondary N) is 3. The molecular weight excluding hydrogens is 260 g/mol. The number of hydrogen-bond donors (Lipinski definition) is 4. The number of rotatable bonds is 3. The second kappa shape index (κ2) is 4.43. The summed E-state index contributed by atoms with van der Waals surface area (Å²) >= 11 is 5.95. The minimum Gasteiger partial charge on any atom is -0.323 e. The molecule has 0 atom stereocenters. The Morgan fingerprint density at radius 3 is 2.00 bits per heavy atom. The van der Waals surface area contributed by atoms with Crippen molar-refractivity contribution in [2.75, 3.05) is 39.6 Å². The van der Waals surface area contributed by atoms with E-state index in [9.17, 15) is 0 Å². The molecule has 0 aliphatic carbocycles. The third kappa shape index (κ3) is 2.28. The summed E-state index contributed by atoms with van der Waals surface area (Å²) in [4.78, 5) is 5.42. The van der Waals surface area contributed by atoms with Crippen LogP contribution in [0.4, 0.5) is 0 Å². The zero-order chi connectivity index (χ0) is 12.9. The fourth-order valence-corrected chi connectivity index (χ4v) is 4.60. The lowest BCUT2D eigenvalue weighted by molar-refractivity contribution is -1.31. The van der Waals surface area contributed by atoms with Crippen LogP contribution in [0.25, 0.3) is 0 Å². The number of quaternary nitrogens is 4. The first kappa shape index (κ1) is 12.1. The Bertz CT molecular complexity index is 438. The summed E-state index contributed by atoms with van der Waals surface area (Å²) in [6.45, 7) is 9.19. The molecule has 4 aliphatic rings. The van der Waals surface area contributed by atoms with E-state index in [1.165, 1.54) is 45.2 Å². The highest BCUT2D eigenvalue weighted by Crippen LogP contribution is 2.08. The monoisotopic (exact) mass is 282 g/mol. The summed E-state index contributed by atoms with van der Waals surface area (Å²) < 4.78 is 0. The lowest BCUT2D eigenvalue weighted by Crippen LogP contribution is -3.58. The highest BCUT2D eigenvalue weighted by molar-refractivity contribution is 6.30. The lowest BCUT2D eigenvalue weighted by atomic mass is 9.90. The van der Waals surface area contributed by atoms with E-state index in [-0.39, 0.29) is 0 Å². The second-order valence-electron chi connectivity index (χ2n) is 6.71. The first-order valence-electron chi connectivity index (χ1n) is 7.30. The van der Waals surface area contributed by atoms with Crippen LogP contribution in [-0.2, 0) is 6.54 Å². The van der Waals surface area contributed by atoms with Crippen LogP contribution in [0.2, 0.25) is 5.02 Å². The van der Waals surface area contributed by atoms with E-state index in [4.69, 9.17) is 11.6 Å². The minimum absolute atomic E-state index is 0.481. The topological polar surface area (TPSA) is 29.9 Å². The highest BCUT2D eigenvalue weighted by atomic mass is 35.5. The Balaban J connectivity index is 1.46. The van der Waals surface area contributed by atoms with Crippen molar-refractivity contribution in [1.29, 1.82) is 0 Å². The molecule has 1 aromatic carbocycles. The Kier molecular flexibility index (Phi) is 2.83. The molecule has 0 radical (unpaired) electrons. The quantitative estimate of drug-likeness (QED) is 0.433. The molecular formula is C14H23ClN4+4. The summed E-state index contributed by atoms with van der Waals surface area (Å²) in [5.74, 6) is 0. The third-order valence-electron chi connectivity index (χ3n) is 4.99. The van der Waals surface area contributed by atoms with Crippen LogP contribution in [0.1, 0.15) is 5.56 Å². The Morgan fingerprint density at radius 1 is 0.947 bits per heavy atom. The zero-order valence-corrected chi connectivity index (χ0v) is 12.0. The maximum absolute atomic E-state index is 5.95. The molecule has 5 rings (SSSR count). The molecule has 102 valence electrons. The van der Waals surface area contributed by atoms with Gasteiger partial charge in [0.1, 0.15) is 6.54 Å². The van der Waals surface area contributed by atoms with Crippen LogP contribution < -0.4 is 20.0 Å². The van der Waals surface area contributed by atoms with Gasteiger partial charge in [-0.1, -0.05) is 23.7 Å². The van der Waals surface area contributed by atoms with Gasteiger partial charge in [-0.15, -0.1) is 0 Å². The van der Waals surface area contributed by atoms with Crippen LogP contribution in [-0.4, -0.2) is 45.2 Å². The number of halogens is 1. The van der Waals surface area contributed by atoms with Gasteiger partial charge in [0.25, 0.3) is 0 Å². The molecule has 4 nitrogen and oxygen atoms in total. The van der Waals surface area contributed by atoms with Crippen molar-refractivity contribution < 1.29 is 20.0 Å². The molecule has 0 unspecified atom stereocenters. The molecule has 5 heteroatoms. The van der Waals surface area contributed by atoms with Gasteiger partial charge < -0.3 is 5.32 Å². The van der Waals surface area contributed by atoms with Gasteiger partial charge in [-0.25, -0.2) is 14.7 Å². The summed E-state index contributed by atoms with van der Waals surface area (Å²) in [5.41, 5.74) is 1.87. The predicted octanol–water partition coefficient (Wildman–Crippen LogP) is -4.29. The van der Waals surface area contributed by atoms with Crippen molar-refractivity contribution >= 4 is 11.6 Å². The number of benzene rings is 1. The lowest BCUT2D eigenvalue weighted by Gasteiger charge is -2.50. The van der Waals surface area contributed by atoms with Gasteiger partial charge in [0.15, 0.2) is 19.6 Å². The molecule has 4 heterocycles. The van der Waals surface area contributed by atoms with E-state index in [2.05, 4.69) is 17.4 Å². The van der Waals surface area contributed by atoms with Crippen LogP contribution in [0.15, 0.2) is 24.3 Å². The third-order valence-corrected chi connectivity index (χ3v) is 5.24. The summed E-state index contributed by atoms with van der Waals surface area (Å²) in [6, 6.07) is 8.32.